The number of hydrogen-bond acceptors (Lipinski definition) is 3. The zero-order valence-corrected chi connectivity index (χ0v) is 10.8. The summed E-state index contributed by atoms with van der Waals surface area (Å²) < 4.78 is 0. The maximum absolute atomic E-state index is 11.2. The van der Waals surface area contributed by atoms with Crippen LogP contribution >= 0.6 is 0 Å². The maximum atomic E-state index is 11.2. The molecule has 0 radical (unpaired) electrons. The van der Waals surface area contributed by atoms with Crippen LogP contribution in [0.2, 0.25) is 0 Å². The molecule has 16 heavy (non-hydrogen) atoms. The van der Waals surface area contributed by atoms with Gasteiger partial charge in [0.1, 0.15) is 5.54 Å². The van der Waals surface area contributed by atoms with Crippen LogP contribution in [-0.2, 0) is 4.79 Å². The fraction of sp³-hybridized carbons (Fsp3) is 0.917. The molecule has 1 aliphatic rings. The molecule has 0 aromatic carbocycles. The van der Waals surface area contributed by atoms with E-state index in [1.54, 1.807) is 14.0 Å². The third-order valence-electron chi connectivity index (χ3n) is 3.81. The largest absolute Gasteiger partial charge is 0.480 e. The second kappa shape index (κ2) is 5.15. The molecular formula is C12H24N2O2. The van der Waals surface area contributed by atoms with Crippen molar-refractivity contribution in [1.82, 2.24) is 10.2 Å². The van der Waals surface area contributed by atoms with Crippen LogP contribution in [0.15, 0.2) is 0 Å². The second-order valence-corrected chi connectivity index (χ2v) is 5.33. The quantitative estimate of drug-likeness (QED) is 0.741. The number of hydrogen-bond donors (Lipinski definition) is 2. The van der Waals surface area contributed by atoms with Crippen LogP contribution in [-0.4, -0.2) is 47.7 Å². The Bertz CT molecular complexity index is 257. The van der Waals surface area contributed by atoms with Gasteiger partial charge in [0.25, 0.3) is 0 Å². The van der Waals surface area contributed by atoms with Crippen molar-refractivity contribution in [3.8, 4) is 0 Å². The molecule has 1 rings (SSSR count). The highest BCUT2D eigenvalue weighted by molar-refractivity contribution is 5.78. The molecule has 1 fully saturated rings. The highest BCUT2D eigenvalue weighted by atomic mass is 16.4. The van der Waals surface area contributed by atoms with Gasteiger partial charge < -0.3 is 15.3 Å². The van der Waals surface area contributed by atoms with E-state index in [9.17, 15) is 9.90 Å². The summed E-state index contributed by atoms with van der Waals surface area (Å²) in [6.07, 6.45) is 1.87. The molecule has 2 N–H and O–H groups in total. The Morgan fingerprint density at radius 3 is 2.69 bits per heavy atom. The summed E-state index contributed by atoms with van der Waals surface area (Å²) in [5, 5.41) is 12.1. The maximum Gasteiger partial charge on any atom is 0.323 e. The summed E-state index contributed by atoms with van der Waals surface area (Å²) in [7, 11) is 1.72. The van der Waals surface area contributed by atoms with Crippen LogP contribution in [0, 0.1) is 5.92 Å². The smallest absolute Gasteiger partial charge is 0.323 e. The van der Waals surface area contributed by atoms with E-state index >= 15 is 0 Å². The van der Waals surface area contributed by atoms with Crippen molar-refractivity contribution < 1.29 is 9.90 Å². The minimum Gasteiger partial charge on any atom is -0.480 e. The molecule has 0 aliphatic carbocycles. The number of aliphatic carboxylic acids is 1. The van der Waals surface area contributed by atoms with Crippen molar-refractivity contribution in [3.63, 3.8) is 0 Å². The first-order valence-electron chi connectivity index (χ1n) is 6.05. The van der Waals surface area contributed by atoms with Crippen molar-refractivity contribution >= 4 is 5.97 Å². The van der Waals surface area contributed by atoms with Crippen LogP contribution < -0.4 is 5.32 Å². The summed E-state index contributed by atoms with van der Waals surface area (Å²) in [4.78, 5) is 13.6. The van der Waals surface area contributed by atoms with E-state index in [-0.39, 0.29) is 0 Å². The number of carboxylic acid groups (broad SMARTS) is 1. The molecule has 4 heteroatoms. The molecule has 0 saturated carbocycles. The van der Waals surface area contributed by atoms with Gasteiger partial charge in [0.15, 0.2) is 0 Å². The van der Waals surface area contributed by atoms with E-state index in [0.29, 0.717) is 12.5 Å². The topological polar surface area (TPSA) is 52.6 Å². The molecule has 94 valence electrons. The molecule has 1 saturated heterocycles. The van der Waals surface area contributed by atoms with Crippen molar-refractivity contribution in [3.05, 3.63) is 0 Å². The number of rotatable bonds is 5. The second-order valence-electron chi connectivity index (χ2n) is 5.33. The van der Waals surface area contributed by atoms with Gasteiger partial charge in [-0.1, -0.05) is 6.92 Å². The predicted molar refractivity (Wildman–Crippen MR) is 64.5 cm³/mol. The lowest BCUT2D eigenvalue weighted by Gasteiger charge is -2.32. The minimum absolute atomic E-state index is 0.318. The molecule has 3 unspecified atom stereocenters. The van der Waals surface area contributed by atoms with E-state index in [0.717, 1.165) is 19.0 Å². The molecule has 0 spiro atoms. The summed E-state index contributed by atoms with van der Waals surface area (Å²) in [5.74, 6) is -0.0257. The summed E-state index contributed by atoms with van der Waals surface area (Å²) in [5.41, 5.74) is -0.814. The van der Waals surface area contributed by atoms with Crippen LogP contribution in [0.1, 0.15) is 33.6 Å². The van der Waals surface area contributed by atoms with Crippen molar-refractivity contribution in [2.45, 2.75) is 45.2 Å². The lowest BCUT2D eigenvalue weighted by molar-refractivity contribution is -0.144. The molecule has 0 bridgehead atoms. The summed E-state index contributed by atoms with van der Waals surface area (Å²) in [6, 6.07) is 0.318. The van der Waals surface area contributed by atoms with Gasteiger partial charge in [0, 0.05) is 12.6 Å². The third kappa shape index (κ3) is 2.95. The Morgan fingerprint density at radius 1 is 1.69 bits per heavy atom. The summed E-state index contributed by atoms with van der Waals surface area (Å²) in [6.45, 7) is 8.32. The van der Waals surface area contributed by atoms with Gasteiger partial charge in [-0.15, -0.1) is 0 Å². The van der Waals surface area contributed by atoms with Crippen LogP contribution in [0.25, 0.3) is 0 Å². The molecule has 0 amide bonds. The van der Waals surface area contributed by atoms with Crippen LogP contribution in [0.5, 0.6) is 0 Å². The number of carbonyl (C=O) groups is 1. The first-order chi connectivity index (χ1) is 7.39. The molecule has 1 aliphatic heterocycles. The Hall–Kier alpha value is -0.610. The Morgan fingerprint density at radius 2 is 2.31 bits per heavy atom. The highest BCUT2D eigenvalue weighted by Gasteiger charge is 2.35. The molecule has 0 aromatic heterocycles. The number of nitrogens with one attached hydrogen (secondary N) is 1. The van der Waals surface area contributed by atoms with Gasteiger partial charge in [0.05, 0.1) is 0 Å². The summed E-state index contributed by atoms with van der Waals surface area (Å²) >= 11 is 0. The van der Waals surface area contributed by atoms with Gasteiger partial charge in [-0.05, 0) is 46.2 Å². The first-order valence-corrected chi connectivity index (χ1v) is 6.05. The SMILES string of the molecule is CNC(C)(CC(C)N1CCC(C)C1)C(=O)O. The van der Waals surface area contributed by atoms with Gasteiger partial charge >= 0.3 is 5.97 Å². The third-order valence-corrected chi connectivity index (χ3v) is 3.81. The zero-order chi connectivity index (χ0) is 12.3. The van der Waals surface area contributed by atoms with Gasteiger partial charge in [-0.3, -0.25) is 4.79 Å². The normalized spacial score (nSPS) is 27.6. The first kappa shape index (κ1) is 13.5. The Labute approximate surface area is 98.0 Å². The fourth-order valence-corrected chi connectivity index (χ4v) is 2.39. The lowest BCUT2D eigenvalue weighted by atomic mass is 9.93. The number of nitrogens with zero attached hydrogens (tertiary/aromatic N) is 1. The molecule has 3 atom stereocenters. The average Bonchev–Trinajstić information content (AvgIpc) is 2.64. The molecular weight excluding hydrogens is 204 g/mol. The van der Waals surface area contributed by atoms with E-state index in [1.807, 2.05) is 0 Å². The van der Waals surface area contributed by atoms with E-state index in [2.05, 4.69) is 24.1 Å². The Balaban J connectivity index is 2.55. The molecule has 0 aromatic rings. The number of likely N-dealkylation sites (tertiary alicyclic amines) is 1. The lowest BCUT2D eigenvalue weighted by Crippen LogP contribution is -2.51. The Kier molecular flexibility index (Phi) is 4.33. The predicted octanol–water partition coefficient (Wildman–Crippen LogP) is 1.17. The standard InChI is InChI=1S/C12H24N2O2/c1-9-5-6-14(8-9)10(2)7-12(3,13-4)11(15)16/h9-10,13H,5-8H2,1-4H3,(H,15,16). The number of carboxylic acids is 1. The van der Waals surface area contributed by atoms with E-state index in [1.165, 1.54) is 6.42 Å². The van der Waals surface area contributed by atoms with E-state index < -0.39 is 11.5 Å². The molecule has 1 heterocycles. The van der Waals surface area contributed by atoms with Crippen LogP contribution in [0.4, 0.5) is 0 Å². The average molecular weight is 228 g/mol. The van der Waals surface area contributed by atoms with E-state index in [4.69, 9.17) is 0 Å². The van der Waals surface area contributed by atoms with Gasteiger partial charge in [-0.2, -0.15) is 0 Å². The van der Waals surface area contributed by atoms with Crippen LogP contribution in [0.3, 0.4) is 0 Å². The fourth-order valence-electron chi connectivity index (χ4n) is 2.39. The van der Waals surface area contributed by atoms with Gasteiger partial charge in [0.2, 0.25) is 0 Å². The van der Waals surface area contributed by atoms with Crippen molar-refractivity contribution in [1.29, 1.82) is 0 Å². The zero-order valence-electron chi connectivity index (χ0n) is 10.8. The van der Waals surface area contributed by atoms with Gasteiger partial charge in [-0.25, -0.2) is 0 Å². The monoisotopic (exact) mass is 228 g/mol. The minimum atomic E-state index is -0.814. The number of likely N-dealkylation sites (N-methyl/N-ethyl adjacent to an activating group) is 1. The van der Waals surface area contributed by atoms with Crippen molar-refractivity contribution in [2.75, 3.05) is 20.1 Å². The molecule has 4 nitrogen and oxygen atoms in total. The van der Waals surface area contributed by atoms with Crippen molar-refractivity contribution in [2.24, 2.45) is 5.92 Å². The highest BCUT2D eigenvalue weighted by Crippen LogP contribution is 2.22.